The number of fused-ring (bicyclic) bond motifs is 1. The van der Waals surface area contributed by atoms with E-state index in [0.717, 1.165) is 24.2 Å². The number of carbonyl (C=O) groups excluding carboxylic acids is 1. The third-order valence-corrected chi connectivity index (χ3v) is 5.20. The maximum atomic E-state index is 12.8. The first kappa shape index (κ1) is 15.6. The zero-order valence-electron chi connectivity index (χ0n) is 12.8. The molecular formula is C18H15Cl2NO3. The van der Waals surface area contributed by atoms with Crippen molar-refractivity contribution in [2.75, 3.05) is 18.5 Å². The molecule has 1 saturated carbocycles. The van der Waals surface area contributed by atoms with Gasteiger partial charge in [0.2, 0.25) is 5.91 Å². The van der Waals surface area contributed by atoms with Crippen molar-refractivity contribution in [1.82, 2.24) is 0 Å². The van der Waals surface area contributed by atoms with Crippen LogP contribution >= 0.6 is 23.2 Å². The quantitative estimate of drug-likeness (QED) is 0.876. The minimum atomic E-state index is -0.512. The van der Waals surface area contributed by atoms with E-state index >= 15 is 0 Å². The van der Waals surface area contributed by atoms with Gasteiger partial charge in [-0.1, -0.05) is 29.3 Å². The number of amides is 1. The first-order valence-electron chi connectivity index (χ1n) is 7.75. The third kappa shape index (κ3) is 2.70. The molecule has 4 nitrogen and oxygen atoms in total. The van der Waals surface area contributed by atoms with Gasteiger partial charge in [-0.3, -0.25) is 4.79 Å². The number of halogens is 2. The Kier molecular flexibility index (Phi) is 3.82. The summed E-state index contributed by atoms with van der Waals surface area (Å²) in [5.41, 5.74) is 1.07. The Labute approximate surface area is 149 Å². The van der Waals surface area contributed by atoms with Crippen molar-refractivity contribution in [2.24, 2.45) is 0 Å². The molecule has 2 aromatic rings. The van der Waals surface area contributed by atoms with Crippen LogP contribution < -0.4 is 14.8 Å². The Hall–Kier alpha value is -1.91. The van der Waals surface area contributed by atoms with Crippen LogP contribution in [-0.4, -0.2) is 19.1 Å². The number of rotatable bonds is 3. The molecule has 1 aliphatic heterocycles. The Bertz CT molecular complexity index is 818. The van der Waals surface area contributed by atoms with Crippen LogP contribution in [0.25, 0.3) is 0 Å². The van der Waals surface area contributed by atoms with Gasteiger partial charge in [0.1, 0.15) is 13.2 Å². The lowest BCUT2D eigenvalue weighted by molar-refractivity contribution is -0.118. The zero-order chi connectivity index (χ0) is 16.7. The van der Waals surface area contributed by atoms with E-state index in [0.29, 0.717) is 34.7 Å². The second-order valence-corrected chi connectivity index (χ2v) is 6.84. The van der Waals surface area contributed by atoms with Gasteiger partial charge in [-0.15, -0.1) is 0 Å². The van der Waals surface area contributed by atoms with Crippen molar-refractivity contribution < 1.29 is 14.3 Å². The van der Waals surface area contributed by atoms with Gasteiger partial charge in [0.25, 0.3) is 0 Å². The van der Waals surface area contributed by atoms with Gasteiger partial charge in [-0.05, 0) is 48.7 Å². The highest BCUT2D eigenvalue weighted by atomic mass is 35.5. The second kappa shape index (κ2) is 5.87. The average molecular weight is 364 g/mol. The summed E-state index contributed by atoms with van der Waals surface area (Å²) in [6, 6.07) is 10.8. The Morgan fingerprint density at radius 1 is 0.958 bits per heavy atom. The Balaban J connectivity index is 1.58. The molecular weight excluding hydrogens is 349 g/mol. The molecule has 1 fully saturated rings. The number of hydrogen-bond donors (Lipinski definition) is 1. The maximum absolute atomic E-state index is 12.8. The molecule has 1 heterocycles. The largest absolute Gasteiger partial charge is 0.486 e. The van der Waals surface area contributed by atoms with E-state index < -0.39 is 5.41 Å². The number of anilines is 1. The minimum absolute atomic E-state index is 0.0439. The van der Waals surface area contributed by atoms with Gasteiger partial charge in [0, 0.05) is 5.69 Å². The summed E-state index contributed by atoms with van der Waals surface area (Å²) in [4.78, 5) is 12.8. The molecule has 1 N–H and O–H groups in total. The highest BCUT2D eigenvalue weighted by molar-refractivity contribution is 6.42. The van der Waals surface area contributed by atoms with Gasteiger partial charge in [-0.25, -0.2) is 0 Å². The van der Waals surface area contributed by atoms with E-state index in [1.54, 1.807) is 18.2 Å². The first-order valence-corrected chi connectivity index (χ1v) is 8.51. The van der Waals surface area contributed by atoms with Gasteiger partial charge in [0.15, 0.2) is 11.5 Å². The molecule has 1 amide bonds. The SMILES string of the molecule is O=C(Nc1ccc(Cl)c(Cl)c1)C1(c2ccc3c(c2)OCCO3)CC1. The highest BCUT2D eigenvalue weighted by Crippen LogP contribution is 2.51. The fraction of sp³-hybridized carbons (Fsp3) is 0.278. The summed E-state index contributed by atoms with van der Waals surface area (Å²) >= 11 is 11.9. The Morgan fingerprint density at radius 2 is 1.71 bits per heavy atom. The Morgan fingerprint density at radius 3 is 2.42 bits per heavy atom. The predicted molar refractivity (Wildman–Crippen MR) is 93.4 cm³/mol. The summed E-state index contributed by atoms with van der Waals surface area (Å²) in [5.74, 6) is 1.38. The number of ether oxygens (including phenoxy) is 2. The van der Waals surface area contributed by atoms with Crippen molar-refractivity contribution in [3.63, 3.8) is 0 Å². The molecule has 0 radical (unpaired) electrons. The summed E-state index contributed by atoms with van der Waals surface area (Å²) < 4.78 is 11.2. The monoisotopic (exact) mass is 363 g/mol. The molecule has 0 atom stereocenters. The molecule has 1 aliphatic carbocycles. The average Bonchev–Trinajstić information content (AvgIpc) is 3.40. The molecule has 0 bridgehead atoms. The summed E-state index contributed by atoms with van der Waals surface area (Å²) in [6.45, 7) is 1.08. The van der Waals surface area contributed by atoms with E-state index in [-0.39, 0.29) is 5.91 Å². The normalized spacial score (nSPS) is 17.2. The zero-order valence-corrected chi connectivity index (χ0v) is 14.3. The molecule has 124 valence electrons. The van der Waals surface area contributed by atoms with Crippen molar-refractivity contribution in [2.45, 2.75) is 18.3 Å². The second-order valence-electron chi connectivity index (χ2n) is 6.02. The van der Waals surface area contributed by atoms with Crippen molar-refractivity contribution in [3.8, 4) is 11.5 Å². The van der Waals surface area contributed by atoms with Gasteiger partial charge in [0.05, 0.1) is 15.5 Å². The van der Waals surface area contributed by atoms with Crippen LogP contribution in [0.4, 0.5) is 5.69 Å². The van der Waals surface area contributed by atoms with Gasteiger partial charge >= 0.3 is 0 Å². The lowest BCUT2D eigenvalue weighted by Gasteiger charge is -2.21. The van der Waals surface area contributed by atoms with E-state index in [1.807, 2.05) is 18.2 Å². The molecule has 0 spiro atoms. The number of benzene rings is 2. The third-order valence-electron chi connectivity index (χ3n) is 4.46. The lowest BCUT2D eigenvalue weighted by Crippen LogP contribution is -2.28. The summed E-state index contributed by atoms with van der Waals surface area (Å²) in [6.07, 6.45) is 1.61. The first-order chi connectivity index (χ1) is 11.6. The predicted octanol–water partition coefficient (Wildman–Crippen LogP) is 4.43. The number of carbonyl (C=O) groups is 1. The standard InChI is InChI=1S/C18H15Cl2NO3/c19-13-3-2-12(10-14(13)20)21-17(22)18(5-6-18)11-1-4-15-16(9-11)24-8-7-23-15/h1-4,9-10H,5-8H2,(H,21,22). The van der Waals surface area contributed by atoms with E-state index in [1.165, 1.54) is 0 Å². The van der Waals surface area contributed by atoms with Crippen LogP contribution in [-0.2, 0) is 10.2 Å². The van der Waals surface area contributed by atoms with Crippen molar-refractivity contribution >= 4 is 34.8 Å². The smallest absolute Gasteiger partial charge is 0.235 e. The molecule has 0 unspecified atom stereocenters. The minimum Gasteiger partial charge on any atom is -0.486 e. The van der Waals surface area contributed by atoms with Gasteiger partial charge < -0.3 is 14.8 Å². The van der Waals surface area contributed by atoms with Crippen LogP contribution in [0.1, 0.15) is 18.4 Å². The highest BCUT2D eigenvalue weighted by Gasteiger charge is 2.51. The van der Waals surface area contributed by atoms with Crippen LogP contribution in [0.2, 0.25) is 10.0 Å². The fourth-order valence-corrected chi connectivity index (χ4v) is 3.24. The summed E-state index contributed by atoms with van der Waals surface area (Å²) in [7, 11) is 0. The fourth-order valence-electron chi connectivity index (χ4n) is 2.94. The molecule has 0 saturated heterocycles. The molecule has 4 rings (SSSR count). The number of hydrogen-bond acceptors (Lipinski definition) is 3. The van der Waals surface area contributed by atoms with Crippen molar-refractivity contribution in [1.29, 1.82) is 0 Å². The van der Waals surface area contributed by atoms with E-state index in [4.69, 9.17) is 32.7 Å². The van der Waals surface area contributed by atoms with Crippen LogP contribution in [0.5, 0.6) is 11.5 Å². The van der Waals surface area contributed by atoms with E-state index in [9.17, 15) is 4.79 Å². The lowest BCUT2D eigenvalue weighted by atomic mass is 9.94. The van der Waals surface area contributed by atoms with Crippen LogP contribution in [0, 0.1) is 0 Å². The van der Waals surface area contributed by atoms with Gasteiger partial charge in [-0.2, -0.15) is 0 Å². The van der Waals surface area contributed by atoms with Crippen LogP contribution in [0.15, 0.2) is 36.4 Å². The van der Waals surface area contributed by atoms with Crippen LogP contribution in [0.3, 0.4) is 0 Å². The van der Waals surface area contributed by atoms with Crippen molar-refractivity contribution in [3.05, 3.63) is 52.0 Å². The number of nitrogens with one attached hydrogen (secondary N) is 1. The topological polar surface area (TPSA) is 47.6 Å². The molecule has 2 aliphatic rings. The molecule has 6 heteroatoms. The molecule has 2 aromatic carbocycles. The van der Waals surface area contributed by atoms with E-state index in [2.05, 4.69) is 5.32 Å². The molecule has 24 heavy (non-hydrogen) atoms. The summed E-state index contributed by atoms with van der Waals surface area (Å²) in [5, 5.41) is 3.81. The maximum Gasteiger partial charge on any atom is 0.235 e. The molecule has 0 aromatic heterocycles.